The van der Waals surface area contributed by atoms with Gasteiger partial charge in [0.2, 0.25) is 5.91 Å². The second-order valence-corrected chi connectivity index (χ2v) is 11.4. The first-order valence-electron chi connectivity index (χ1n) is 13.7. The molecule has 0 bridgehead atoms. The molecule has 3 atom stereocenters. The molecule has 3 aromatic rings. The molecule has 1 saturated heterocycles. The number of nitrogens with zero attached hydrogens (tertiary/aromatic N) is 4. The Morgan fingerprint density at radius 3 is 2.68 bits per heavy atom. The molecule has 2 aromatic heterocycles. The van der Waals surface area contributed by atoms with E-state index in [9.17, 15) is 9.59 Å². The molecular weight excluding hydrogens is 478 g/mol. The SMILES string of the molecule is COc1ccc2cc3n(c2c1)CC(C)(C(=O)NCCCN1CC(C)CC(C)C1)N(Cc1cccnc1)C3=O. The normalized spacial score (nSPS) is 23.9. The number of likely N-dealkylation sites (tertiary alicyclic amines) is 1. The molecule has 8 nitrogen and oxygen atoms in total. The van der Waals surface area contributed by atoms with E-state index < -0.39 is 5.54 Å². The quantitative estimate of drug-likeness (QED) is 0.458. The molecule has 8 heteroatoms. The van der Waals surface area contributed by atoms with Crippen molar-refractivity contribution in [3.8, 4) is 5.75 Å². The molecule has 2 aliphatic heterocycles. The van der Waals surface area contributed by atoms with Crippen molar-refractivity contribution in [2.24, 2.45) is 11.8 Å². The molecule has 5 rings (SSSR count). The van der Waals surface area contributed by atoms with Crippen LogP contribution < -0.4 is 10.1 Å². The van der Waals surface area contributed by atoms with Crippen LogP contribution in [0.15, 0.2) is 48.8 Å². The fourth-order valence-corrected chi connectivity index (χ4v) is 6.25. The first-order chi connectivity index (χ1) is 18.3. The van der Waals surface area contributed by atoms with Gasteiger partial charge in [0, 0.05) is 50.0 Å². The second-order valence-electron chi connectivity index (χ2n) is 11.4. The highest BCUT2D eigenvalue weighted by atomic mass is 16.5. The fourth-order valence-electron chi connectivity index (χ4n) is 6.25. The number of amides is 2. The van der Waals surface area contributed by atoms with Crippen LogP contribution in [0.5, 0.6) is 5.75 Å². The lowest BCUT2D eigenvalue weighted by Crippen LogP contribution is -2.63. The van der Waals surface area contributed by atoms with Gasteiger partial charge in [-0.15, -0.1) is 0 Å². The van der Waals surface area contributed by atoms with Crippen LogP contribution in [0, 0.1) is 11.8 Å². The maximum atomic E-state index is 13.9. The molecule has 0 radical (unpaired) electrons. The van der Waals surface area contributed by atoms with E-state index in [2.05, 4.69) is 29.0 Å². The number of hydrogen-bond donors (Lipinski definition) is 1. The van der Waals surface area contributed by atoms with E-state index in [1.54, 1.807) is 24.4 Å². The molecule has 2 aliphatic rings. The van der Waals surface area contributed by atoms with Gasteiger partial charge in [-0.25, -0.2) is 0 Å². The van der Waals surface area contributed by atoms with Gasteiger partial charge in [-0.05, 0) is 68.0 Å². The van der Waals surface area contributed by atoms with Gasteiger partial charge in [-0.1, -0.05) is 19.9 Å². The van der Waals surface area contributed by atoms with E-state index in [4.69, 9.17) is 4.74 Å². The van der Waals surface area contributed by atoms with Crippen LogP contribution in [0.2, 0.25) is 0 Å². The van der Waals surface area contributed by atoms with Gasteiger partial charge in [-0.3, -0.25) is 14.6 Å². The zero-order valence-electron chi connectivity index (χ0n) is 22.9. The van der Waals surface area contributed by atoms with Crippen molar-refractivity contribution in [3.63, 3.8) is 0 Å². The van der Waals surface area contributed by atoms with E-state index in [0.717, 1.165) is 48.3 Å². The third kappa shape index (κ3) is 5.14. The summed E-state index contributed by atoms with van der Waals surface area (Å²) in [4.78, 5) is 36.2. The van der Waals surface area contributed by atoms with Crippen molar-refractivity contribution in [1.82, 2.24) is 24.7 Å². The predicted octanol–water partition coefficient (Wildman–Crippen LogP) is 3.94. The third-order valence-corrected chi connectivity index (χ3v) is 8.07. The fraction of sp³-hybridized carbons (Fsp3) is 0.500. The average molecular weight is 518 g/mol. The Labute approximate surface area is 225 Å². The van der Waals surface area contributed by atoms with Gasteiger partial charge < -0.3 is 24.4 Å². The molecule has 2 amide bonds. The minimum absolute atomic E-state index is 0.134. The summed E-state index contributed by atoms with van der Waals surface area (Å²) in [7, 11) is 1.63. The van der Waals surface area contributed by atoms with E-state index in [1.165, 1.54) is 6.42 Å². The van der Waals surface area contributed by atoms with Crippen molar-refractivity contribution < 1.29 is 14.3 Å². The Kier molecular flexibility index (Phi) is 7.43. The molecule has 38 heavy (non-hydrogen) atoms. The smallest absolute Gasteiger partial charge is 0.271 e. The summed E-state index contributed by atoms with van der Waals surface area (Å²) in [6, 6.07) is 11.5. The van der Waals surface area contributed by atoms with E-state index in [0.29, 0.717) is 37.2 Å². The number of fused-ring (bicyclic) bond motifs is 3. The van der Waals surface area contributed by atoms with Crippen molar-refractivity contribution in [3.05, 3.63) is 60.0 Å². The Morgan fingerprint density at radius 1 is 1.18 bits per heavy atom. The van der Waals surface area contributed by atoms with Crippen molar-refractivity contribution in [1.29, 1.82) is 0 Å². The summed E-state index contributed by atoms with van der Waals surface area (Å²) >= 11 is 0. The number of methoxy groups -OCH3 is 1. The number of pyridine rings is 1. The van der Waals surface area contributed by atoms with Crippen molar-refractivity contribution in [2.75, 3.05) is 33.3 Å². The summed E-state index contributed by atoms with van der Waals surface area (Å²) in [5.74, 6) is 1.85. The highest BCUT2D eigenvalue weighted by Crippen LogP contribution is 2.34. The topological polar surface area (TPSA) is 79.7 Å². The van der Waals surface area contributed by atoms with Crippen LogP contribution >= 0.6 is 0 Å². The molecule has 3 unspecified atom stereocenters. The largest absolute Gasteiger partial charge is 0.497 e. The molecule has 0 saturated carbocycles. The number of ether oxygens (including phenoxy) is 1. The van der Waals surface area contributed by atoms with Crippen LogP contribution in [0.1, 0.15) is 49.7 Å². The first-order valence-corrected chi connectivity index (χ1v) is 13.7. The number of rotatable bonds is 8. The second kappa shape index (κ2) is 10.8. The Morgan fingerprint density at radius 2 is 1.97 bits per heavy atom. The van der Waals surface area contributed by atoms with Crippen LogP contribution in [0.4, 0.5) is 0 Å². The lowest BCUT2D eigenvalue weighted by atomic mass is 9.92. The van der Waals surface area contributed by atoms with Gasteiger partial charge in [0.05, 0.1) is 19.2 Å². The number of hydrogen-bond acceptors (Lipinski definition) is 5. The Bertz CT molecular complexity index is 1300. The monoisotopic (exact) mass is 517 g/mol. The molecule has 1 fully saturated rings. The summed E-state index contributed by atoms with van der Waals surface area (Å²) in [6.45, 7) is 11.0. The van der Waals surface area contributed by atoms with E-state index in [1.807, 2.05) is 47.9 Å². The number of aromatic nitrogens is 2. The van der Waals surface area contributed by atoms with Gasteiger partial charge >= 0.3 is 0 Å². The summed E-state index contributed by atoms with van der Waals surface area (Å²) in [5.41, 5.74) is 1.29. The lowest BCUT2D eigenvalue weighted by molar-refractivity contribution is -0.133. The zero-order chi connectivity index (χ0) is 26.9. The van der Waals surface area contributed by atoms with E-state index >= 15 is 0 Å². The maximum Gasteiger partial charge on any atom is 0.271 e. The number of carbonyl (C=O) groups is 2. The van der Waals surface area contributed by atoms with Gasteiger partial charge in [0.15, 0.2) is 0 Å². The van der Waals surface area contributed by atoms with Crippen molar-refractivity contribution >= 4 is 22.7 Å². The predicted molar refractivity (Wildman–Crippen MR) is 148 cm³/mol. The molecule has 0 spiro atoms. The standard InChI is InChI=1S/C30H39N5O3/c1-21-13-22(2)18-33(17-21)12-6-11-32-29(37)30(3)20-34-26-15-25(38-4)9-8-24(26)14-27(34)28(36)35(30)19-23-7-5-10-31-16-23/h5,7-10,14-16,21-22H,6,11-13,17-20H2,1-4H3,(H,32,37). The van der Waals surface area contributed by atoms with Crippen molar-refractivity contribution in [2.45, 2.75) is 52.2 Å². The average Bonchev–Trinajstić information content (AvgIpc) is 3.26. The summed E-state index contributed by atoms with van der Waals surface area (Å²) in [5, 5.41) is 4.12. The molecule has 0 aliphatic carbocycles. The maximum absolute atomic E-state index is 13.9. The first kappa shape index (κ1) is 26.2. The third-order valence-electron chi connectivity index (χ3n) is 8.07. The molecule has 4 heterocycles. The van der Waals surface area contributed by atoms with Crippen LogP contribution in [-0.4, -0.2) is 70.0 Å². The number of nitrogens with one attached hydrogen (secondary N) is 1. The lowest BCUT2D eigenvalue weighted by Gasteiger charge is -2.44. The van der Waals surface area contributed by atoms with Gasteiger partial charge in [0.25, 0.3) is 5.91 Å². The highest BCUT2D eigenvalue weighted by Gasteiger charge is 2.47. The number of carbonyl (C=O) groups excluding carboxylic acids is 2. The van der Waals surface area contributed by atoms with Gasteiger partial charge in [-0.2, -0.15) is 0 Å². The van der Waals surface area contributed by atoms with Gasteiger partial charge in [0.1, 0.15) is 17.0 Å². The Hall–Kier alpha value is -3.39. The molecule has 1 aromatic carbocycles. The van der Waals surface area contributed by atoms with Crippen LogP contribution in [0.3, 0.4) is 0 Å². The van der Waals surface area contributed by atoms with Crippen LogP contribution in [0.25, 0.3) is 10.9 Å². The number of benzene rings is 1. The Balaban J connectivity index is 1.37. The highest BCUT2D eigenvalue weighted by molar-refractivity contribution is 6.03. The minimum atomic E-state index is -1.07. The minimum Gasteiger partial charge on any atom is -0.497 e. The van der Waals surface area contributed by atoms with Crippen LogP contribution in [-0.2, 0) is 17.9 Å². The summed E-state index contributed by atoms with van der Waals surface area (Å²) < 4.78 is 7.41. The summed E-state index contributed by atoms with van der Waals surface area (Å²) in [6.07, 6.45) is 5.63. The number of piperidine rings is 1. The molecular formula is C30H39N5O3. The molecule has 1 N–H and O–H groups in total. The zero-order valence-corrected chi connectivity index (χ0v) is 22.9. The molecule has 202 valence electrons. The van der Waals surface area contributed by atoms with E-state index in [-0.39, 0.29) is 11.8 Å².